The Morgan fingerprint density at radius 1 is 1.21 bits per heavy atom. The summed E-state index contributed by atoms with van der Waals surface area (Å²) in [5.41, 5.74) is 2.33. The lowest BCUT2D eigenvalue weighted by Crippen LogP contribution is -2.34. The van der Waals surface area contributed by atoms with E-state index in [2.05, 4.69) is 25.2 Å². The van der Waals surface area contributed by atoms with E-state index in [1.165, 1.54) is 11.8 Å². The minimum atomic E-state index is -2.97. The van der Waals surface area contributed by atoms with E-state index in [0.29, 0.717) is 5.92 Å². The molecule has 0 amide bonds. The number of nitrogens with one attached hydrogen (secondary N) is 1. The zero-order valence-corrected chi connectivity index (χ0v) is 12.7. The van der Waals surface area contributed by atoms with E-state index in [1.807, 2.05) is 18.2 Å². The molecule has 19 heavy (non-hydrogen) atoms. The molecule has 4 heteroatoms. The second-order valence-electron chi connectivity index (χ2n) is 5.79. The van der Waals surface area contributed by atoms with Crippen LogP contribution in [0, 0.1) is 0 Å². The van der Waals surface area contributed by atoms with Crippen molar-refractivity contribution in [3.05, 3.63) is 29.8 Å². The van der Waals surface area contributed by atoms with E-state index in [1.54, 1.807) is 0 Å². The molecule has 0 heterocycles. The van der Waals surface area contributed by atoms with E-state index in [0.717, 1.165) is 24.9 Å². The lowest BCUT2D eigenvalue weighted by Gasteiger charge is -2.23. The summed E-state index contributed by atoms with van der Waals surface area (Å²) in [7, 11) is -2.97. The topological polar surface area (TPSA) is 46.2 Å². The van der Waals surface area contributed by atoms with Gasteiger partial charge in [-0.15, -0.1) is 0 Å². The van der Waals surface area contributed by atoms with Crippen molar-refractivity contribution in [3.63, 3.8) is 0 Å². The molecule has 1 aliphatic carbocycles. The van der Waals surface area contributed by atoms with Crippen molar-refractivity contribution in [2.45, 2.75) is 50.3 Å². The number of hydrogen-bond acceptors (Lipinski definition) is 3. The Labute approximate surface area is 116 Å². The third-order valence-electron chi connectivity index (χ3n) is 3.93. The Balaban J connectivity index is 2.22. The van der Waals surface area contributed by atoms with Crippen molar-refractivity contribution >= 4 is 15.5 Å². The largest absolute Gasteiger partial charge is 0.381 e. The Morgan fingerprint density at radius 3 is 2.53 bits per heavy atom. The molecule has 0 bridgehead atoms. The van der Waals surface area contributed by atoms with Crippen LogP contribution in [0.25, 0.3) is 0 Å². The second-order valence-corrected chi connectivity index (χ2v) is 8.06. The van der Waals surface area contributed by atoms with Gasteiger partial charge in [-0.05, 0) is 36.8 Å². The van der Waals surface area contributed by atoms with Gasteiger partial charge in [0.25, 0.3) is 0 Å². The molecule has 1 aromatic carbocycles. The van der Waals surface area contributed by atoms with Crippen LogP contribution in [0.2, 0.25) is 0 Å². The molecule has 0 spiro atoms. The van der Waals surface area contributed by atoms with Crippen LogP contribution in [0.3, 0.4) is 0 Å². The fourth-order valence-electron chi connectivity index (χ4n) is 2.94. The summed E-state index contributed by atoms with van der Waals surface area (Å²) in [6.45, 7) is 4.31. The number of rotatable bonds is 4. The highest BCUT2D eigenvalue weighted by Crippen LogP contribution is 2.31. The molecule has 0 radical (unpaired) electrons. The molecule has 1 aromatic rings. The summed E-state index contributed by atoms with van der Waals surface area (Å²) in [5, 5.41) is 3.23. The molecule has 1 N–H and O–H groups in total. The van der Waals surface area contributed by atoms with E-state index >= 15 is 0 Å². The van der Waals surface area contributed by atoms with Crippen LogP contribution in [-0.2, 0) is 9.84 Å². The van der Waals surface area contributed by atoms with Crippen molar-refractivity contribution in [3.8, 4) is 0 Å². The molecular formula is C15H23NO2S. The molecular weight excluding hydrogens is 258 g/mol. The van der Waals surface area contributed by atoms with Crippen LogP contribution in [-0.4, -0.2) is 26.0 Å². The fourth-order valence-corrected chi connectivity index (χ4v) is 4.33. The zero-order valence-electron chi connectivity index (χ0n) is 11.9. The first-order chi connectivity index (χ1) is 8.89. The smallest absolute Gasteiger partial charge is 0.152 e. The van der Waals surface area contributed by atoms with Crippen LogP contribution in [0.5, 0.6) is 0 Å². The Morgan fingerprint density at radius 2 is 1.89 bits per heavy atom. The third-order valence-corrected chi connectivity index (χ3v) is 5.59. The van der Waals surface area contributed by atoms with Crippen molar-refractivity contribution < 1.29 is 8.42 Å². The summed E-state index contributed by atoms with van der Waals surface area (Å²) >= 11 is 0. The summed E-state index contributed by atoms with van der Waals surface area (Å²) < 4.78 is 23.6. The Hall–Kier alpha value is -1.03. The summed E-state index contributed by atoms with van der Waals surface area (Å²) in [6.07, 6.45) is 4.05. The predicted molar refractivity (Wildman–Crippen MR) is 80.4 cm³/mol. The molecule has 3 nitrogen and oxygen atoms in total. The molecule has 2 unspecified atom stereocenters. The lowest BCUT2D eigenvalue weighted by atomic mass is 10.0. The number of anilines is 1. The van der Waals surface area contributed by atoms with Gasteiger partial charge < -0.3 is 5.32 Å². The number of para-hydroxylation sites is 1. The average Bonchev–Trinajstić information content (AvgIpc) is 2.77. The first-order valence-electron chi connectivity index (χ1n) is 6.94. The first kappa shape index (κ1) is 14.4. The van der Waals surface area contributed by atoms with Gasteiger partial charge in [-0.3, -0.25) is 0 Å². The molecule has 1 saturated carbocycles. The molecule has 1 aliphatic rings. The standard InChI is InChI=1S/C15H23NO2S/c1-11(2)12-7-4-5-8-13(12)16-14-9-6-10-15(14)19(3,17)18/h4-5,7-8,11,14-16H,6,9-10H2,1-3H3. The van der Waals surface area contributed by atoms with Crippen molar-refractivity contribution in [2.75, 3.05) is 11.6 Å². The lowest BCUT2D eigenvalue weighted by molar-refractivity contribution is 0.579. The maximum absolute atomic E-state index is 11.8. The van der Waals surface area contributed by atoms with Crippen LogP contribution in [0.4, 0.5) is 5.69 Å². The first-order valence-corrected chi connectivity index (χ1v) is 8.89. The van der Waals surface area contributed by atoms with E-state index in [9.17, 15) is 8.42 Å². The fraction of sp³-hybridized carbons (Fsp3) is 0.600. The van der Waals surface area contributed by atoms with Gasteiger partial charge in [0.05, 0.1) is 5.25 Å². The van der Waals surface area contributed by atoms with Crippen molar-refractivity contribution in [1.82, 2.24) is 0 Å². The highest BCUT2D eigenvalue weighted by atomic mass is 32.2. The molecule has 0 saturated heterocycles. The normalized spacial score (nSPS) is 23.8. The second kappa shape index (κ2) is 5.53. The molecule has 0 aromatic heterocycles. The van der Waals surface area contributed by atoms with Crippen LogP contribution in [0.15, 0.2) is 24.3 Å². The van der Waals surface area contributed by atoms with Gasteiger partial charge in [-0.1, -0.05) is 32.0 Å². The van der Waals surface area contributed by atoms with Gasteiger partial charge in [0.1, 0.15) is 0 Å². The average molecular weight is 281 g/mol. The van der Waals surface area contributed by atoms with Gasteiger partial charge >= 0.3 is 0 Å². The molecule has 0 aliphatic heterocycles. The minimum Gasteiger partial charge on any atom is -0.381 e. The van der Waals surface area contributed by atoms with Crippen molar-refractivity contribution in [1.29, 1.82) is 0 Å². The number of sulfone groups is 1. The van der Waals surface area contributed by atoms with E-state index in [4.69, 9.17) is 0 Å². The van der Waals surface area contributed by atoms with Crippen LogP contribution < -0.4 is 5.32 Å². The quantitative estimate of drug-likeness (QED) is 0.922. The van der Waals surface area contributed by atoms with Gasteiger partial charge in [0.2, 0.25) is 0 Å². The van der Waals surface area contributed by atoms with Gasteiger partial charge in [0.15, 0.2) is 9.84 Å². The molecule has 106 valence electrons. The highest BCUT2D eigenvalue weighted by Gasteiger charge is 2.34. The maximum atomic E-state index is 11.8. The number of hydrogen-bond donors (Lipinski definition) is 1. The third kappa shape index (κ3) is 3.30. The summed E-state index contributed by atoms with van der Waals surface area (Å²) in [4.78, 5) is 0. The maximum Gasteiger partial charge on any atom is 0.152 e. The van der Waals surface area contributed by atoms with Gasteiger partial charge in [-0.2, -0.15) is 0 Å². The van der Waals surface area contributed by atoms with Crippen LogP contribution in [0.1, 0.15) is 44.6 Å². The Kier molecular flexibility index (Phi) is 4.19. The van der Waals surface area contributed by atoms with E-state index in [-0.39, 0.29) is 11.3 Å². The zero-order chi connectivity index (χ0) is 14.0. The molecule has 1 fully saturated rings. The SMILES string of the molecule is CC(C)c1ccccc1NC1CCCC1S(C)(=O)=O. The van der Waals surface area contributed by atoms with E-state index < -0.39 is 9.84 Å². The summed E-state index contributed by atoms with van der Waals surface area (Å²) in [5.74, 6) is 0.432. The van der Waals surface area contributed by atoms with Crippen LogP contribution >= 0.6 is 0 Å². The van der Waals surface area contributed by atoms with Gasteiger partial charge in [0, 0.05) is 18.0 Å². The Bertz CT molecular complexity index is 537. The molecule has 2 rings (SSSR count). The van der Waals surface area contributed by atoms with Crippen molar-refractivity contribution in [2.24, 2.45) is 0 Å². The highest BCUT2D eigenvalue weighted by molar-refractivity contribution is 7.91. The number of benzene rings is 1. The molecule has 2 atom stereocenters. The summed E-state index contributed by atoms with van der Waals surface area (Å²) in [6, 6.07) is 8.24. The minimum absolute atomic E-state index is 0.0508. The predicted octanol–water partition coefficient (Wildman–Crippen LogP) is 3.19. The monoisotopic (exact) mass is 281 g/mol. The van der Waals surface area contributed by atoms with Gasteiger partial charge in [-0.25, -0.2) is 8.42 Å².